The highest BCUT2D eigenvalue weighted by Gasteiger charge is 2.27. The van der Waals surface area contributed by atoms with Crippen molar-refractivity contribution in [1.82, 2.24) is 0 Å². The van der Waals surface area contributed by atoms with Gasteiger partial charge in [0.1, 0.15) is 0 Å². The van der Waals surface area contributed by atoms with Gasteiger partial charge in [0.2, 0.25) is 0 Å². The summed E-state index contributed by atoms with van der Waals surface area (Å²) >= 11 is 0. The molecule has 0 heterocycles. The van der Waals surface area contributed by atoms with Gasteiger partial charge in [0.15, 0.2) is 5.78 Å². The van der Waals surface area contributed by atoms with E-state index in [1.165, 1.54) is 0 Å². The first-order chi connectivity index (χ1) is 6.93. The number of carbonyl (C=O) groups is 1. The van der Waals surface area contributed by atoms with Crippen molar-refractivity contribution in [2.75, 3.05) is 0 Å². The van der Waals surface area contributed by atoms with Gasteiger partial charge in [0.25, 0.3) is 0 Å². The van der Waals surface area contributed by atoms with Crippen LogP contribution in [-0.2, 0) is 4.79 Å². The van der Waals surface area contributed by atoms with E-state index in [1.807, 2.05) is 6.92 Å². The van der Waals surface area contributed by atoms with Crippen LogP contribution in [0.25, 0.3) is 0 Å². The molecule has 1 rings (SSSR count). The van der Waals surface area contributed by atoms with Crippen LogP contribution in [-0.4, -0.2) is 5.78 Å². The summed E-state index contributed by atoms with van der Waals surface area (Å²) in [5, 5.41) is 0. The third-order valence-electron chi connectivity index (χ3n) is 3.76. The number of ketones is 1. The summed E-state index contributed by atoms with van der Waals surface area (Å²) in [6.45, 7) is 10.3. The van der Waals surface area contributed by atoms with Crippen molar-refractivity contribution in [3.63, 3.8) is 0 Å². The molecule has 0 aromatic carbocycles. The molecule has 1 aliphatic rings. The quantitative estimate of drug-likeness (QED) is 0.498. The molecule has 0 bridgehead atoms. The molecule has 84 valence electrons. The summed E-state index contributed by atoms with van der Waals surface area (Å²) in [6.07, 6.45) is 6.74. The maximum atomic E-state index is 11.2. The van der Waals surface area contributed by atoms with Crippen LogP contribution in [0.3, 0.4) is 0 Å². The summed E-state index contributed by atoms with van der Waals surface area (Å²) in [5.74, 6) is 2.48. The second-order valence-electron chi connectivity index (χ2n) is 4.95. The predicted molar refractivity (Wildman–Crippen MR) is 64.6 cm³/mol. The van der Waals surface area contributed by atoms with Crippen LogP contribution in [0.4, 0.5) is 0 Å². The Hall–Kier alpha value is -0.850. The zero-order chi connectivity index (χ0) is 11.6. The molecule has 0 radical (unpaired) electrons. The average Bonchev–Trinajstić information content (AvgIpc) is 2.18. The van der Waals surface area contributed by atoms with Crippen LogP contribution in [0, 0.1) is 23.7 Å². The molecule has 15 heavy (non-hydrogen) atoms. The number of allylic oxidation sites excluding steroid dienone is 4. The summed E-state index contributed by atoms with van der Waals surface area (Å²) < 4.78 is 0. The van der Waals surface area contributed by atoms with Crippen molar-refractivity contribution in [2.24, 2.45) is 23.7 Å². The van der Waals surface area contributed by atoms with Crippen molar-refractivity contribution < 1.29 is 4.79 Å². The van der Waals surface area contributed by atoms with Gasteiger partial charge < -0.3 is 0 Å². The molecule has 0 aromatic rings. The SMILES string of the molecule is CC(=O)C(C)=CC1C(C)C=CC(C)C1C. The molecule has 0 amide bonds. The van der Waals surface area contributed by atoms with Crippen molar-refractivity contribution in [3.05, 3.63) is 23.8 Å². The molecule has 4 unspecified atom stereocenters. The third kappa shape index (κ3) is 2.80. The topological polar surface area (TPSA) is 17.1 Å². The van der Waals surface area contributed by atoms with E-state index in [-0.39, 0.29) is 5.78 Å². The average molecular weight is 206 g/mol. The van der Waals surface area contributed by atoms with E-state index in [0.29, 0.717) is 23.7 Å². The van der Waals surface area contributed by atoms with Crippen LogP contribution < -0.4 is 0 Å². The highest BCUT2D eigenvalue weighted by molar-refractivity contribution is 5.92. The standard InChI is InChI=1S/C14H22O/c1-9-6-7-10(2)14(12(9)4)8-11(3)13(5)15/h6-10,12,14H,1-5H3. The van der Waals surface area contributed by atoms with Crippen LogP contribution in [0.2, 0.25) is 0 Å². The van der Waals surface area contributed by atoms with E-state index in [9.17, 15) is 4.79 Å². The third-order valence-corrected chi connectivity index (χ3v) is 3.76. The Labute approximate surface area is 93.3 Å². The van der Waals surface area contributed by atoms with Gasteiger partial charge >= 0.3 is 0 Å². The molecule has 0 fully saturated rings. The monoisotopic (exact) mass is 206 g/mol. The molecular formula is C14H22O. The first-order valence-corrected chi connectivity index (χ1v) is 5.81. The lowest BCUT2D eigenvalue weighted by molar-refractivity contribution is -0.113. The molecular weight excluding hydrogens is 184 g/mol. The number of Topliss-reactive ketones (excluding diaryl/α,β-unsaturated/α-hetero) is 1. The lowest BCUT2D eigenvalue weighted by atomic mass is 9.72. The van der Waals surface area contributed by atoms with Gasteiger partial charge in [-0.25, -0.2) is 0 Å². The predicted octanol–water partition coefficient (Wildman–Crippen LogP) is 3.62. The number of carbonyl (C=O) groups excluding carboxylic acids is 1. The Balaban J connectivity index is 2.89. The van der Waals surface area contributed by atoms with Crippen LogP contribution >= 0.6 is 0 Å². The minimum atomic E-state index is 0.191. The summed E-state index contributed by atoms with van der Waals surface area (Å²) in [4.78, 5) is 11.2. The van der Waals surface area contributed by atoms with Crippen LogP contribution in [0.5, 0.6) is 0 Å². The van der Waals surface area contributed by atoms with Gasteiger partial charge in [-0.15, -0.1) is 0 Å². The Bertz CT molecular complexity index is 298. The molecule has 1 heteroatoms. The van der Waals surface area contributed by atoms with Crippen molar-refractivity contribution >= 4 is 5.78 Å². The second kappa shape index (κ2) is 4.78. The maximum Gasteiger partial charge on any atom is 0.155 e. The fraction of sp³-hybridized carbons (Fsp3) is 0.643. The van der Waals surface area contributed by atoms with E-state index >= 15 is 0 Å². The lowest BCUT2D eigenvalue weighted by Gasteiger charge is -2.33. The first-order valence-electron chi connectivity index (χ1n) is 5.81. The minimum absolute atomic E-state index is 0.191. The number of hydrogen-bond donors (Lipinski definition) is 0. The van der Waals surface area contributed by atoms with Gasteiger partial charge in [-0.2, -0.15) is 0 Å². The van der Waals surface area contributed by atoms with Crippen molar-refractivity contribution in [2.45, 2.75) is 34.6 Å². The van der Waals surface area contributed by atoms with Crippen LogP contribution in [0.1, 0.15) is 34.6 Å². The smallest absolute Gasteiger partial charge is 0.155 e. The largest absolute Gasteiger partial charge is 0.295 e. The van der Waals surface area contributed by atoms with Crippen molar-refractivity contribution in [3.8, 4) is 0 Å². The number of rotatable bonds is 2. The molecule has 0 aliphatic heterocycles. The van der Waals surface area contributed by atoms with Gasteiger partial charge in [0, 0.05) is 0 Å². The van der Waals surface area contributed by atoms with E-state index in [2.05, 4.69) is 39.0 Å². The molecule has 1 nitrogen and oxygen atoms in total. The van der Waals surface area contributed by atoms with Gasteiger partial charge in [0.05, 0.1) is 0 Å². The first kappa shape index (κ1) is 12.2. The summed E-state index contributed by atoms with van der Waals surface area (Å²) in [6, 6.07) is 0. The van der Waals surface area contributed by atoms with E-state index in [1.54, 1.807) is 6.92 Å². The normalized spacial score (nSPS) is 36.7. The Morgan fingerprint density at radius 2 is 1.60 bits per heavy atom. The zero-order valence-electron chi connectivity index (χ0n) is 10.4. The van der Waals surface area contributed by atoms with Crippen LogP contribution in [0.15, 0.2) is 23.8 Å². The maximum absolute atomic E-state index is 11.2. The zero-order valence-corrected chi connectivity index (χ0v) is 10.4. The van der Waals surface area contributed by atoms with Gasteiger partial charge in [-0.3, -0.25) is 4.79 Å². The Morgan fingerprint density at radius 1 is 1.07 bits per heavy atom. The Kier molecular flexibility index (Phi) is 3.90. The summed E-state index contributed by atoms with van der Waals surface area (Å²) in [5.41, 5.74) is 0.904. The molecule has 0 saturated heterocycles. The van der Waals surface area contributed by atoms with Crippen molar-refractivity contribution in [1.29, 1.82) is 0 Å². The molecule has 0 saturated carbocycles. The molecule has 0 N–H and O–H groups in total. The minimum Gasteiger partial charge on any atom is -0.295 e. The van der Waals surface area contributed by atoms with Gasteiger partial charge in [-0.1, -0.05) is 39.0 Å². The lowest BCUT2D eigenvalue weighted by Crippen LogP contribution is -2.25. The van der Waals surface area contributed by atoms with E-state index in [4.69, 9.17) is 0 Å². The number of hydrogen-bond acceptors (Lipinski definition) is 1. The van der Waals surface area contributed by atoms with Gasteiger partial charge in [-0.05, 0) is 43.1 Å². The highest BCUT2D eigenvalue weighted by Crippen LogP contribution is 2.35. The molecule has 0 aromatic heterocycles. The second-order valence-corrected chi connectivity index (χ2v) is 4.95. The Morgan fingerprint density at radius 3 is 2.13 bits per heavy atom. The fourth-order valence-electron chi connectivity index (χ4n) is 2.19. The van der Waals surface area contributed by atoms with E-state index < -0.39 is 0 Å². The molecule has 1 aliphatic carbocycles. The molecule has 4 atom stereocenters. The molecule has 0 spiro atoms. The van der Waals surface area contributed by atoms with E-state index in [0.717, 1.165) is 5.57 Å². The fourth-order valence-corrected chi connectivity index (χ4v) is 2.19. The highest BCUT2D eigenvalue weighted by atomic mass is 16.1. The summed E-state index contributed by atoms with van der Waals surface area (Å²) in [7, 11) is 0.